The molecule has 1 amide bonds. The molecule has 1 N–H and O–H groups in total. The number of piperidine rings is 1. The van der Waals surface area contributed by atoms with Gasteiger partial charge >= 0.3 is 0 Å². The maximum atomic E-state index is 13.0. The van der Waals surface area contributed by atoms with Crippen molar-refractivity contribution in [2.24, 2.45) is 5.92 Å². The quantitative estimate of drug-likeness (QED) is 0.707. The van der Waals surface area contributed by atoms with Gasteiger partial charge in [0.1, 0.15) is 5.82 Å². The maximum Gasteiger partial charge on any atom is 0.257 e. The number of rotatable bonds is 5. The number of hydrogen-bond donors (Lipinski definition) is 1. The fourth-order valence-corrected chi connectivity index (χ4v) is 3.52. The zero-order chi connectivity index (χ0) is 20.2. The molecule has 1 aliphatic rings. The van der Waals surface area contributed by atoms with Gasteiger partial charge in [-0.3, -0.25) is 9.69 Å². The van der Waals surface area contributed by atoms with Crippen LogP contribution < -0.4 is 5.32 Å². The maximum absolute atomic E-state index is 13.0. The number of aryl methyl sites for hydroxylation is 1. The molecule has 1 aromatic heterocycles. The molecule has 0 saturated carbocycles. The molecule has 1 saturated heterocycles. The molecule has 2 heterocycles. The number of likely N-dealkylation sites (tertiary alicyclic amines) is 1. The lowest BCUT2D eigenvalue weighted by atomic mass is 9.97. The number of carbonyl (C=O) groups is 1. The average Bonchev–Trinajstić information content (AvgIpc) is 3.19. The van der Waals surface area contributed by atoms with Crippen molar-refractivity contribution in [3.05, 3.63) is 65.7 Å². The lowest BCUT2D eigenvalue weighted by molar-refractivity contribution is -0.121. The Bertz CT molecular complexity index is 969. The Balaban J connectivity index is 1.35. The third-order valence-electron chi connectivity index (χ3n) is 5.12. The third-order valence-corrected chi connectivity index (χ3v) is 5.12. The second-order valence-corrected chi connectivity index (χ2v) is 7.45. The van der Waals surface area contributed by atoms with Crippen LogP contribution in [0.15, 0.2) is 53.1 Å². The van der Waals surface area contributed by atoms with Crippen LogP contribution in [0.1, 0.15) is 24.2 Å². The molecular formula is C22H23FN4O2. The van der Waals surface area contributed by atoms with Crippen LogP contribution in [-0.2, 0) is 11.3 Å². The van der Waals surface area contributed by atoms with Gasteiger partial charge in [-0.1, -0.05) is 22.9 Å². The molecule has 1 fully saturated rings. The molecule has 1 atom stereocenters. The highest BCUT2D eigenvalue weighted by molar-refractivity contribution is 5.92. The minimum atomic E-state index is -0.322. The van der Waals surface area contributed by atoms with Gasteiger partial charge < -0.3 is 9.84 Å². The normalized spacial score (nSPS) is 17.2. The molecular weight excluding hydrogens is 371 g/mol. The molecule has 0 bridgehead atoms. The zero-order valence-electron chi connectivity index (χ0n) is 16.3. The molecule has 1 aliphatic heterocycles. The Hall–Kier alpha value is -3.06. The molecule has 29 heavy (non-hydrogen) atoms. The van der Waals surface area contributed by atoms with Gasteiger partial charge in [0.25, 0.3) is 5.89 Å². The van der Waals surface area contributed by atoms with Crippen molar-refractivity contribution in [2.45, 2.75) is 26.3 Å². The van der Waals surface area contributed by atoms with Gasteiger partial charge in [0.15, 0.2) is 5.82 Å². The van der Waals surface area contributed by atoms with Crippen LogP contribution in [0.25, 0.3) is 11.5 Å². The van der Waals surface area contributed by atoms with Gasteiger partial charge in [-0.2, -0.15) is 4.98 Å². The lowest BCUT2D eigenvalue weighted by Crippen LogP contribution is -2.40. The average molecular weight is 394 g/mol. The van der Waals surface area contributed by atoms with Crippen LogP contribution >= 0.6 is 0 Å². The van der Waals surface area contributed by atoms with E-state index in [0.717, 1.165) is 24.9 Å². The van der Waals surface area contributed by atoms with Crippen molar-refractivity contribution in [1.82, 2.24) is 15.0 Å². The summed E-state index contributed by atoms with van der Waals surface area (Å²) in [5.74, 6) is 0.617. The Labute approximate surface area is 168 Å². The number of nitrogens with one attached hydrogen (secondary N) is 1. The largest absolute Gasteiger partial charge is 0.334 e. The summed E-state index contributed by atoms with van der Waals surface area (Å²) in [5, 5.41) is 6.96. The Morgan fingerprint density at radius 1 is 1.21 bits per heavy atom. The molecule has 3 aromatic rings. The smallest absolute Gasteiger partial charge is 0.257 e. The van der Waals surface area contributed by atoms with Gasteiger partial charge in [-0.05, 0) is 62.7 Å². The van der Waals surface area contributed by atoms with Crippen molar-refractivity contribution in [2.75, 3.05) is 18.4 Å². The molecule has 4 rings (SSSR count). The number of carbonyl (C=O) groups excluding carboxylic acids is 1. The number of nitrogens with zero attached hydrogens (tertiary/aromatic N) is 3. The highest BCUT2D eigenvalue weighted by Crippen LogP contribution is 2.22. The minimum Gasteiger partial charge on any atom is -0.334 e. The number of aromatic nitrogens is 2. The number of hydrogen-bond acceptors (Lipinski definition) is 5. The molecule has 2 aromatic carbocycles. The van der Waals surface area contributed by atoms with Gasteiger partial charge in [-0.15, -0.1) is 0 Å². The first-order valence-electron chi connectivity index (χ1n) is 9.75. The fourth-order valence-electron chi connectivity index (χ4n) is 3.52. The monoisotopic (exact) mass is 394 g/mol. The standard InChI is InChI=1S/C22H23FN4O2/c1-15-4-6-16(7-5-15)22-25-20(26-29-22)14-27-12-2-3-17(13-27)21(28)24-19-10-8-18(23)9-11-19/h4-11,17H,2-3,12-14H2,1H3,(H,24,28). The van der Waals surface area contributed by atoms with Crippen LogP contribution in [-0.4, -0.2) is 34.0 Å². The van der Waals surface area contributed by atoms with Gasteiger partial charge in [0.2, 0.25) is 5.91 Å². The van der Waals surface area contributed by atoms with Gasteiger partial charge in [0, 0.05) is 17.8 Å². The van der Waals surface area contributed by atoms with E-state index in [4.69, 9.17) is 4.52 Å². The number of halogens is 1. The summed E-state index contributed by atoms with van der Waals surface area (Å²) < 4.78 is 18.4. The van der Waals surface area contributed by atoms with Crippen LogP contribution in [0.5, 0.6) is 0 Å². The van der Waals surface area contributed by atoms with Crippen LogP contribution in [0, 0.1) is 18.7 Å². The summed E-state index contributed by atoms with van der Waals surface area (Å²) in [6, 6.07) is 13.8. The fraction of sp³-hybridized carbons (Fsp3) is 0.318. The highest BCUT2D eigenvalue weighted by atomic mass is 19.1. The lowest BCUT2D eigenvalue weighted by Gasteiger charge is -2.31. The number of benzene rings is 2. The first-order chi connectivity index (χ1) is 14.1. The van der Waals surface area contributed by atoms with E-state index in [0.29, 0.717) is 30.5 Å². The summed E-state index contributed by atoms with van der Waals surface area (Å²) in [7, 11) is 0. The van der Waals surface area contributed by atoms with E-state index in [2.05, 4.69) is 20.4 Å². The molecule has 0 radical (unpaired) electrons. The predicted molar refractivity (Wildman–Crippen MR) is 108 cm³/mol. The van der Waals surface area contributed by atoms with Crippen LogP contribution in [0.3, 0.4) is 0 Å². The molecule has 0 spiro atoms. The second kappa shape index (κ2) is 8.53. The van der Waals surface area contributed by atoms with E-state index in [1.54, 1.807) is 12.1 Å². The topological polar surface area (TPSA) is 71.3 Å². The highest BCUT2D eigenvalue weighted by Gasteiger charge is 2.27. The third kappa shape index (κ3) is 4.86. The number of amides is 1. The first-order valence-corrected chi connectivity index (χ1v) is 9.75. The van der Waals surface area contributed by atoms with Gasteiger partial charge in [0.05, 0.1) is 12.5 Å². The van der Waals surface area contributed by atoms with Crippen molar-refractivity contribution in [1.29, 1.82) is 0 Å². The molecule has 150 valence electrons. The van der Waals surface area contributed by atoms with Crippen molar-refractivity contribution in [3.8, 4) is 11.5 Å². The van der Waals surface area contributed by atoms with Crippen molar-refractivity contribution in [3.63, 3.8) is 0 Å². The summed E-state index contributed by atoms with van der Waals surface area (Å²) in [5.41, 5.74) is 2.67. The van der Waals surface area contributed by atoms with E-state index in [1.165, 1.54) is 17.7 Å². The molecule has 6 nitrogen and oxygen atoms in total. The molecule has 0 aliphatic carbocycles. The van der Waals surface area contributed by atoms with E-state index in [9.17, 15) is 9.18 Å². The van der Waals surface area contributed by atoms with E-state index in [-0.39, 0.29) is 17.6 Å². The van der Waals surface area contributed by atoms with E-state index < -0.39 is 0 Å². The van der Waals surface area contributed by atoms with Crippen molar-refractivity contribution < 1.29 is 13.7 Å². The summed E-state index contributed by atoms with van der Waals surface area (Å²) in [6.45, 7) is 4.08. The predicted octanol–water partition coefficient (Wildman–Crippen LogP) is 4.03. The molecule has 7 heteroatoms. The van der Waals surface area contributed by atoms with Crippen LogP contribution in [0.4, 0.5) is 10.1 Å². The minimum absolute atomic E-state index is 0.0465. The zero-order valence-corrected chi connectivity index (χ0v) is 16.3. The van der Waals surface area contributed by atoms with Gasteiger partial charge in [-0.25, -0.2) is 4.39 Å². The van der Waals surface area contributed by atoms with E-state index >= 15 is 0 Å². The Kier molecular flexibility index (Phi) is 5.67. The molecule has 1 unspecified atom stereocenters. The summed E-state index contributed by atoms with van der Waals surface area (Å²) in [4.78, 5) is 19.2. The summed E-state index contributed by atoms with van der Waals surface area (Å²) in [6.07, 6.45) is 1.74. The van der Waals surface area contributed by atoms with Crippen molar-refractivity contribution >= 4 is 11.6 Å². The van der Waals surface area contributed by atoms with Crippen LogP contribution in [0.2, 0.25) is 0 Å². The Morgan fingerprint density at radius 3 is 2.72 bits per heavy atom. The first kappa shape index (κ1) is 19.3. The second-order valence-electron chi connectivity index (χ2n) is 7.45. The Morgan fingerprint density at radius 2 is 1.97 bits per heavy atom. The SMILES string of the molecule is Cc1ccc(-c2nc(CN3CCCC(C(=O)Nc4ccc(F)cc4)C3)no2)cc1. The van der Waals surface area contributed by atoms with E-state index in [1.807, 2.05) is 31.2 Å². The summed E-state index contributed by atoms with van der Waals surface area (Å²) >= 11 is 0. The number of anilines is 1.